The molecule has 2 saturated heterocycles. The van der Waals surface area contributed by atoms with Crippen molar-refractivity contribution in [1.82, 2.24) is 14.9 Å². The van der Waals surface area contributed by atoms with E-state index >= 15 is 0 Å². The van der Waals surface area contributed by atoms with E-state index in [-0.39, 0.29) is 6.42 Å². The van der Waals surface area contributed by atoms with Gasteiger partial charge in [-0.3, -0.25) is 9.69 Å². The molecule has 0 aliphatic carbocycles. The fourth-order valence-electron chi connectivity index (χ4n) is 4.30. The van der Waals surface area contributed by atoms with Gasteiger partial charge in [0.25, 0.3) is 0 Å². The van der Waals surface area contributed by atoms with Crippen LogP contribution in [0.3, 0.4) is 0 Å². The minimum atomic E-state index is -0.721. The Kier molecular flexibility index (Phi) is 6.72. The fourth-order valence-corrected chi connectivity index (χ4v) is 4.30. The SMILES string of the molecule is Cc1nc(N(C)C)nc(N2CC[C@H](N3CCOCC3)[C@H](CCC(=O)O)C2)c1C. The van der Waals surface area contributed by atoms with E-state index in [1.54, 1.807) is 0 Å². The fraction of sp³-hybridized carbons (Fsp3) is 0.750. The average molecular weight is 392 g/mol. The molecular weight excluding hydrogens is 358 g/mol. The number of anilines is 2. The molecular formula is C20H33N5O3. The van der Waals surface area contributed by atoms with Gasteiger partial charge in [-0.1, -0.05) is 0 Å². The lowest BCUT2D eigenvalue weighted by Crippen LogP contribution is -2.54. The summed E-state index contributed by atoms with van der Waals surface area (Å²) in [6, 6.07) is 0.413. The summed E-state index contributed by atoms with van der Waals surface area (Å²) < 4.78 is 5.51. The molecule has 156 valence electrons. The highest BCUT2D eigenvalue weighted by Gasteiger charge is 2.35. The van der Waals surface area contributed by atoms with Crippen LogP contribution in [0.2, 0.25) is 0 Å². The van der Waals surface area contributed by atoms with Crippen molar-refractivity contribution >= 4 is 17.7 Å². The number of piperidine rings is 1. The maximum absolute atomic E-state index is 11.2. The van der Waals surface area contributed by atoms with Crippen LogP contribution >= 0.6 is 0 Å². The molecule has 0 bridgehead atoms. The Hall–Kier alpha value is -1.93. The van der Waals surface area contributed by atoms with Gasteiger partial charge in [-0.05, 0) is 32.6 Å². The summed E-state index contributed by atoms with van der Waals surface area (Å²) >= 11 is 0. The van der Waals surface area contributed by atoms with Crippen molar-refractivity contribution in [3.8, 4) is 0 Å². The second-order valence-corrected chi connectivity index (χ2v) is 8.09. The van der Waals surface area contributed by atoms with Crippen molar-refractivity contribution in [2.75, 3.05) is 63.3 Å². The molecule has 0 amide bonds. The second-order valence-electron chi connectivity index (χ2n) is 8.09. The molecule has 0 unspecified atom stereocenters. The number of aromatic nitrogens is 2. The summed E-state index contributed by atoms with van der Waals surface area (Å²) in [4.78, 5) is 27.4. The van der Waals surface area contributed by atoms with Crippen LogP contribution in [-0.2, 0) is 9.53 Å². The molecule has 2 fully saturated rings. The van der Waals surface area contributed by atoms with Crippen LogP contribution in [0.15, 0.2) is 0 Å². The van der Waals surface area contributed by atoms with Crippen molar-refractivity contribution in [3.05, 3.63) is 11.3 Å². The molecule has 0 aromatic carbocycles. The Bertz CT molecular complexity index is 691. The number of aryl methyl sites for hydroxylation is 1. The number of carbonyl (C=O) groups is 1. The summed E-state index contributed by atoms with van der Waals surface area (Å²) in [5.41, 5.74) is 2.10. The Morgan fingerprint density at radius 3 is 2.57 bits per heavy atom. The average Bonchev–Trinajstić information content (AvgIpc) is 2.68. The van der Waals surface area contributed by atoms with Crippen LogP contribution in [0, 0.1) is 19.8 Å². The summed E-state index contributed by atoms with van der Waals surface area (Å²) in [6.45, 7) is 9.26. The first-order chi connectivity index (χ1) is 13.4. The molecule has 0 radical (unpaired) electrons. The van der Waals surface area contributed by atoms with E-state index in [1.165, 1.54) is 0 Å². The van der Waals surface area contributed by atoms with Crippen molar-refractivity contribution in [1.29, 1.82) is 0 Å². The molecule has 3 rings (SSSR count). The maximum atomic E-state index is 11.2. The van der Waals surface area contributed by atoms with Gasteiger partial charge >= 0.3 is 5.97 Å². The number of morpholine rings is 1. The molecule has 1 aromatic rings. The van der Waals surface area contributed by atoms with Gasteiger partial charge in [-0.25, -0.2) is 4.98 Å². The monoisotopic (exact) mass is 391 g/mol. The number of nitrogens with zero attached hydrogens (tertiary/aromatic N) is 5. The van der Waals surface area contributed by atoms with Gasteiger partial charge in [0.05, 0.1) is 13.2 Å². The van der Waals surface area contributed by atoms with Crippen LogP contribution in [0.25, 0.3) is 0 Å². The standard InChI is InChI=1S/C20H33N5O3/c1-14-15(2)21-20(23(3)4)22-19(14)25-8-7-17(24-9-11-28-12-10-24)16(13-25)5-6-18(26)27/h16-17H,5-13H2,1-4H3,(H,26,27)/t16-,17+/m1/s1. The summed E-state index contributed by atoms with van der Waals surface area (Å²) in [5, 5.41) is 9.23. The first-order valence-corrected chi connectivity index (χ1v) is 10.2. The van der Waals surface area contributed by atoms with E-state index in [2.05, 4.69) is 21.7 Å². The van der Waals surface area contributed by atoms with Gasteiger partial charge in [0, 0.05) is 64.0 Å². The van der Waals surface area contributed by atoms with Crippen LogP contribution in [-0.4, -0.2) is 85.5 Å². The molecule has 2 atom stereocenters. The number of carboxylic acid groups (broad SMARTS) is 1. The summed E-state index contributed by atoms with van der Waals surface area (Å²) in [7, 11) is 3.91. The Balaban J connectivity index is 1.82. The third-order valence-corrected chi connectivity index (χ3v) is 5.99. The molecule has 2 aliphatic heterocycles. The van der Waals surface area contributed by atoms with Gasteiger partial charge in [-0.2, -0.15) is 4.98 Å². The molecule has 1 aromatic heterocycles. The summed E-state index contributed by atoms with van der Waals surface area (Å²) in [5.74, 6) is 1.29. The lowest BCUT2D eigenvalue weighted by molar-refractivity contribution is -0.137. The number of aliphatic carboxylic acids is 1. The topological polar surface area (TPSA) is 82.0 Å². The van der Waals surface area contributed by atoms with Crippen LogP contribution in [0.4, 0.5) is 11.8 Å². The van der Waals surface area contributed by atoms with Crippen molar-refractivity contribution < 1.29 is 14.6 Å². The van der Waals surface area contributed by atoms with E-state index in [0.29, 0.717) is 18.4 Å². The molecule has 0 spiro atoms. The normalized spacial score (nSPS) is 23.6. The first kappa shape index (κ1) is 20.8. The van der Waals surface area contributed by atoms with Crippen LogP contribution < -0.4 is 9.80 Å². The van der Waals surface area contributed by atoms with Gasteiger partial charge in [-0.15, -0.1) is 0 Å². The highest BCUT2D eigenvalue weighted by Crippen LogP contribution is 2.31. The summed E-state index contributed by atoms with van der Waals surface area (Å²) in [6.07, 6.45) is 1.92. The van der Waals surface area contributed by atoms with Crippen molar-refractivity contribution in [3.63, 3.8) is 0 Å². The number of carboxylic acids is 1. The maximum Gasteiger partial charge on any atom is 0.303 e. The van der Waals surface area contributed by atoms with Crippen molar-refractivity contribution in [2.24, 2.45) is 5.92 Å². The zero-order valence-electron chi connectivity index (χ0n) is 17.5. The van der Waals surface area contributed by atoms with Gasteiger partial charge in [0.15, 0.2) is 0 Å². The second kappa shape index (κ2) is 9.05. The third-order valence-electron chi connectivity index (χ3n) is 5.99. The molecule has 8 heteroatoms. The number of rotatable bonds is 6. The minimum absolute atomic E-state index is 0.212. The van der Waals surface area contributed by atoms with E-state index in [0.717, 1.165) is 68.8 Å². The number of ether oxygens (including phenoxy) is 1. The lowest BCUT2D eigenvalue weighted by atomic mass is 9.86. The van der Waals surface area contributed by atoms with E-state index in [9.17, 15) is 9.90 Å². The van der Waals surface area contributed by atoms with E-state index < -0.39 is 5.97 Å². The third kappa shape index (κ3) is 4.72. The van der Waals surface area contributed by atoms with Crippen molar-refractivity contribution in [2.45, 2.75) is 39.2 Å². The Morgan fingerprint density at radius 1 is 1.21 bits per heavy atom. The molecule has 2 aliphatic rings. The zero-order valence-corrected chi connectivity index (χ0v) is 17.5. The highest BCUT2D eigenvalue weighted by atomic mass is 16.5. The van der Waals surface area contributed by atoms with Gasteiger partial charge in [0.1, 0.15) is 5.82 Å². The zero-order chi connectivity index (χ0) is 20.3. The van der Waals surface area contributed by atoms with Crippen LogP contribution in [0.1, 0.15) is 30.5 Å². The Morgan fingerprint density at radius 2 is 1.93 bits per heavy atom. The van der Waals surface area contributed by atoms with Crippen LogP contribution in [0.5, 0.6) is 0 Å². The molecule has 28 heavy (non-hydrogen) atoms. The van der Waals surface area contributed by atoms with Gasteiger partial charge in [0.2, 0.25) is 5.95 Å². The molecule has 3 heterocycles. The number of hydrogen-bond acceptors (Lipinski definition) is 7. The predicted molar refractivity (Wildman–Crippen MR) is 109 cm³/mol. The predicted octanol–water partition coefficient (Wildman–Crippen LogP) is 1.55. The quantitative estimate of drug-likeness (QED) is 0.782. The van der Waals surface area contributed by atoms with E-state index in [4.69, 9.17) is 9.72 Å². The number of hydrogen-bond donors (Lipinski definition) is 1. The highest BCUT2D eigenvalue weighted by molar-refractivity contribution is 5.66. The molecule has 1 N–H and O–H groups in total. The molecule has 8 nitrogen and oxygen atoms in total. The largest absolute Gasteiger partial charge is 0.481 e. The Labute approximate surface area is 167 Å². The lowest BCUT2D eigenvalue weighted by Gasteiger charge is -2.45. The first-order valence-electron chi connectivity index (χ1n) is 10.2. The molecule has 0 saturated carbocycles. The van der Waals surface area contributed by atoms with E-state index in [1.807, 2.05) is 25.9 Å². The minimum Gasteiger partial charge on any atom is -0.481 e. The smallest absolute Gasteiger partial charge is 0.303 e. The van der Waals surface area contributed by atoms with Gasteiger partial charge < -0.3 is 19.6 Å².